The Kier molecular flexibility index (Phi) is 13.0. The molecule has 6 aromatic rings. The van der Waals surface area contributed by atoms with Crippen molar-refractivity contribution in [3.63, 3.8) is 0 Å². The third kappa shape index (κ3) is 8.06. The van der Waals surface area contributed by atoms with E-state index in [1.54, 1.807) is 14.2 Å². The Balaban J connectivity index is 0.000000762. The fraction of sp³-hybridized carbons (Fsp3) is 0.143. The van der Waals surface area contributed by atoms with Crippen molar-refractivity contribution in [3.8, 4) is 11.5 Å². The molecule has 0 amide bonds. The van der Waals surface area contributed by atoms with E-state index in [1.807, 2.05) is 36.4 Å². The van der Waals surface area contributed by atoms with Gasteiger partial charge in [0.2, 0.25) is 0 Å². The summed E-state index contributed by atoms with van der Waals surface area (Å²) in [5, 5.41) is 8.07. The number of hydrogen-bond acceptors (Lipinski definition) is 2. The molecule has 0 N–H and O–H groups in total. The molecule has 0 saturated carbocycles. The Morgan fingerprint density at radius 2 is 1.04 bits per heavy atom. The summed E-state index contributed by atoms with van der Waals surface area (Å²) in [7, 11) is 1.78. The molecule has 0 aromatic heterocycles. The van der Waals surface area contributed by atoms with Gasteiger partial charge >= 0.3 is 17.1 Å². The molecule has 0 heterocycles. The summed E-state index contributed by atoms with van der Waals surface area (Å²) in [6, 6.07) is 45.8. The van der Waals surface area contributed by atoms with Crippen LogP contribution in [0.4, 0.5) is 0 Å². The SMILES string of the molecule is C=Cc1cc[c-](P(c2ccccc2)c2ccccc2)c1P(c1cc(C)c(OC)c(C)c1)c1cc(C)c(OC)c(C)c1.[Fe+2].c1cc[cH-]c1. The van der Waals surface area contributed by atoms with Gasteiger partial charge in [-0.3, -0.25) is 0 Å². The van der Waals surface area contributed by atoms with E-state index in [2.05, 4.69) is 131 Å². The molecule has 0 saturated heterocycles. The third-order valence-electron chi connectivity index (χ3n) is 8.02. The van der Waals surface area contributed by atoms with Crippen LogP contribution in [0.1, 0.15) is 27.8 Å². The molecule has 0 radical (unpaired) electrons. The summed E-state index contributed by atoms with van der Waals surface area (Å²) in [6.45, 7) is 12.9. The van der Waals surface area contributed by atoms with E-state index in [1.165, 1.54) is 37.4 Å². The van der Waals surface area contributed by atoms with Gasteiger partial charge in [0.15, 0.2) is 0 Å². The molecule has 47 heavy (non-hydrogen) atoms. The van der Waals surface area contributed by atoms with Crippen LogP contribution >= 0.6 is 15.8 Å². The van der Waals surface area contributed by atoms with Gasteiger partial charge in [0.05, 0.1) is 14.2 Å². The summed E-state index contributed by atoms with van der Waals surface area (Å²) >= 11 is 0. The van der Waals surface area contributed by atoms with Gasteiger partial charge in [-0.2, -0.15) is 29.8 Å². The minimum atomic E-state index is -0.935. The van der Waals surface area contributed by atoms with E-state index >= 15 is 0 Å². The Bertz CT molecular complexity index is 1710. The maximum absolute atomic E-state index is 5.78. The predicted molar refractivity (Wildman–Crippen MR) is 204 cm³/mol. The number of benzene rings is 4. The van der Waals surface area contributed by atoms with Crippen LogP contribution in [0.3, 0.4) is 0 Å². The van der Waals surface area contributed by atoms with Crippen LogP contribution in [0.2, 0.25) is 0 Å². The molecule has 6 rings (SSSR count). The second-order valence-corrected chi connectivity index (χ2v) is 15.6. The summed E-state index contributed by atoms with van der Waals surface area (Å²) in [4.78, 5) is 0. The first kappa shape index (κ1) is 36.1. The molecule has 2 nitrogen and oxygen atoms in total. The minimum Gasteiger partial charge on any atom is -0.496 e. The summed E-state index contributed by atoms with van der Waals surface area (Å²) in [5.41, 5.74) is 5.80. The Hall–Kier alpha value is -3.70. The molecule has 240 valence electrons. The zero-order valence-electron chi connectivity index (χ0n) is 28.0. The summed E-state index contributed by atoms with van der Waals surface area (Å²) < 4.78 is 11.6. The van der Waals surface area contributed by atoms with E-state index in [0.29, 0.717) is 0 Å². The fourth-order valence-electron chi connectivity index (χ4n) is 6.13. The van der Waals surface area contributed by atoms with Crippen LogP contribution in [0.5, 0.6) is 11.5 Å². The zero-order valence-corrected chi connectivity index (χ0v) is 30.9. The van der Waals surface area contributed by atoms with Gasteiger partial charge in [-0.05, 0) is 103 Å². The van der Waals surface area contributed by atoms with Crippen LogP contribution in [0.15, 0.2) is 134 Å². The summed E-state index contributed by atoms with van der Waals surface area (Å²) in [6.07, 6.45) is 2.03. The van der Waals surface area contributed by atoms with E-state index < -0.39 is 15.8 Å². The molecule has 0 aliphatic heterocycles. The summed E-state index contributed by atoms with van der Waals surface area (Å²) in [5.74, 6) is 1.90. The van der Waals surface area contributed by atoms with E-state index in [4.69, 9.17) is 9.47 Å². The average molecular weight is 697 g/mol. The minimum absolute atomic E-state index is 0. The normalized spacial score (nSPS) is 10.6. The van der Waals surface area contributed by atoms with Crippen LogP contribution in [0, 0.1) is 27.7 Å². The van der Waals surface area contributed by atoms with Gasteiger partial charge in [-0.1, -0.05) is 68.6 Å². The standard InChI is InChI=1S/C37H37O2P2.C5H5.Fe/c1-8-29-19-20-34(40(30-15-11-9-12-16-30)31-17-13-10-14-18-31)37(29)41(32-21-25(2)35(38-6)26(3)22-32)33-23-27(4)36(39-7)28(5)24-33;1-2-4-5-3-1;/h8-24H,1H2,2-7H3;1-5H;/q2*-1;+2. The van der Waals surface area contributed by atoms with Crippen molar-refractivity contribution < 1.29 is 26.5 Å². The molecule has 0 bridgehead atoms. The van der Waals surface area contributed by atoms with Gasteiger partial charge in [-0.15, -0.1) is 23.3 Å². The molecule has 0 aliphatic rings. The molecular weight excluding hydrogens is 654 g/mol. The van der Waals surface area contributed by atoms with Gasteiger partial charge in [-0.25, -0.2) is 18.2 Å². The first-order valence-electron chi connectivity index (χ1n) is 15.5. The van der Waals surface area contributed by atoms with E-state index in [9.17, 15) is 0 Å². The van der Waals surface area contributed by atoms with Crippen molar-refractivity contribution in [2.24, 2.45) is 0 Å². The molecule has 0 spiro atoms. The molecule has 5 heteroatoms. The van der Waals surface area contributed by atoms with Crippen molar-refractivity contribution in [1.29, 1.82) is 0 Å². The Labute approximate surface area is 294 Å². The Morgan fingerprint density at radius 3 is 1.38 bits per heavy atom. The van der Waals surface area contributed by atoms with Gasteiger partial charge in [0.25, 0.3) is 0 Å². The molecule has 6 aromatic carbocycles. The quantitative estimate of drug-likeness (QED) is 0.0863. The van der Waals surface area contributed by atoms with E-state index in [-0.39, 0.29) is 17.1 Å². The van der Waals surface area contributed by atoms with Crippen LogP contribution in [-0.4, -0.2) is 14.2 Å². The first-order valence-corrected chi connectivity index (χ1v) is 18.2. The number of rotatable bonds is 9. The van der Waals surface area contributed by atoms with E-state index in [0.717, 1.165) is 33.8 Å². The smallest absolute Gasteiger partial charge is 0.496 e. The first-order chi connectivity index (χ1) is 22.4. The fourth-order valence-corrected chi connectivity index (χ4v) is 11.9. The van der Waals surface area contributed by atoms with Gasteiger partial charge in [0.1, 0.15) is 11.5 Å². The number of hydrogen-bond donors (Lipinski definition) is 0. The van der Waals surface area contributed by atoms with Crippen LogP contribution in [0.25, 0.3) is 6.08 Å². The molecule has 0 fully saturated rings. The van der Waals surface area contributed by atoms with Crippen molar-refractivity contribution in [2.45, 2.75) is 27.7 Å². The maximum Gasteiger partial charge on any atom is 2.00 e. The number of aryl methyl sites for hydroxylation is 4. The topological polar surface area (TPSA) is 18.5 Å². The van der Waals surface area contributed by atoms with Crippen LogP contribution in [-0.2, 0) is 17.1 Å². The van der Waals surface area contributed by atoms with Gasteiger partial charge in [0, 0.05) is 0 Å². The molecule has 0 atom stereocenters. The number of methoxy groups -OCH3 is 2. The van der Waals surface area contributed by atoms with Crippen molar-refractivity contribution in [3.05, 3.63) is 162 Å². The number of ether oxygens (including phenoxy) is 2. The van der Waals surface area contributed by atoms with Crippen molar-refractivity contribution >= 4 is 53.7 Å². The molecule has 0 unspecified atom stereocenters. The zero-order chi connectivity index (χ0) is 32.6. The molecular formula is C42H42FeO2P2. The van der Waals surface area contributed by atoms with Crippen molar-refractivity contribution in [1.82, 2.24) is 0 Å². The monoisotopic (exact) mass is 696 g/mol. The Morgan fingerprint density at radius 1 is 0.617 bits per heavy atom. The predicted octanol–water partition coefficient (Wildman–Crippen LogP) is 8.22. The second kappa shape index (κ2) is 16.9. The second-order valence-electron chi connectivity index (χ2n) is 11.3. The molecule has 0 aliphatic carbocycles. The van der Waals surface area contributed by atoms with Crippen molar-refractivity contribution in [2.75, 3.05) is 14.2 Å². The van der Waals surface area contributed by atoms with Gasteiger partial charge < -0.3 is 9.47 Å². The third-order valence-corrected chi connectivity index (χ3v) is 13.2. The largest absolute Gasteiger partial charge is 2.00 e. The van der Waals surface area contributed by atoms with Crippen LogP contribution < -0.4 is 41.3 Å². The maximum atomic E-state index is 5.78. The average Bonchev–Trinajstić information content (AvgIpc) is 3.77.